The van der Waals surface area contributed by atoms with Gasteiger partial charge in [-0.2, -0.15) is 0 Å². The summed E-state index contributed by atoms with van der Waals surface area (Å²) in [7, 11) is 0. The minimum absolute atomic E-state index is 0.438. The molecule has 1 aromatic heterocycles. The predicted molar refractivity (Wildman–Crippen MR) is 56.0 cm³/mol. The number of fused-ring (bicyclic) bond motifs is 1. The fourth-order valence-corrected chi connectivity index (χ4v) is 2.91. The van der Waals surface area contributed by atoms with Crippen molar-refractivity contribution in [2.24, 2.45) is 11.7 Å². The van der Waals surface area contributed by atoms with Gasteiger partial charge >= 0.3 is 0 Å². The van der Waals surface area contributed by atoms with E-state index in [-0.39, 0.29) is 0 Å². The lowest BCUT2D eigenvalue weighted by Gasteiger charge is -2.38. The maximum absolute atomic E-state index is 6.03. The van der Waals surface area contributed by atoms with Crippen LogP contribution in [0.1, 0.15) is 36.4 Å². The summed E-state index contributed by atoms with van der Waals surface area (Å²) < 4.78 is 0. The lowest BCUT2D eigenvalue weighted by Crippen LogP contribution is -2.42. The lowest BCUT2D eigenvalue weighted by molar-refractivity contribution is 0.209. The quantitative estimate of drug-likeness (QED) is 0.730. The molecule has 3 atom stereocenters. The lowest BCUT2D eigenvalue weighted by atomic mass is 9.71. The van der Waals surface area contributed by atoms with Crippen molar-refractivity contribution < 1.29 is 0 Å². The van der Waals surface area contributed by atoms with Crippen LogP contribution in [-0.4, -0.2) is 11.0 Å². The maximum atomic E-state index is 6.03. The summed E-state index contributed by atoms with van der Waals surface area (Å²) in [6.07, 6.45) is 6.91. The average Bonchev–Trinajstić information content (AvgIpc) is 2.60. The highest BCUT2D eigenvalue weighted by Crippen LogP contribution is 2.44. The van der Waals surface area contributed by atoms with Crippen LogP contribution < -0.4 is 5.73 Å². The SMILES string of the molecule is NC1CCC1C1CCc2cccnc21. The predicted octanol–water partition coefficient (Wildman–Crippen LogP) is 1.85. The summed E-state index contributed by atoms with van der Waals surface area (Å²) in [5, 5.41) is 0. The Bertz CT molecular complexity index is 348. The van der Waals surface area contributed by atoms with Gasteiger partial charge in [-0.15, -0.1) is 0 Å². The van der Waals surface area contributed by atoms with Gasteiger partial charge in [-0.25, -0.2) is 0 Å². The molecule has 1 aromatic rings. The van der Waals surface area contributed by atoms with Crippen LogP contribution in [0.2, 0.25) is 0 Å². The van der Waals surface area contributed by atoms with E-state index in [2.05, 4.69) is 11.1 Å². The Morgan fingerprint density at radius 2 is 2.21 bits per heavy atom. The maximum Gasteiger partial charge on any atom is 0.0469 e. The molecular weight excluding hydrogens is 172 g/mol. The molecule has 0 spiro atoms. The standard InChI is InChI=1S/C12H16N2/c13-11-6-5-9(11)10-4-3-8-2-1-7-14-12(8)10/h1-2,7,9-11H,3-6,13H2. The van der Waals surface area contributed by atoms with Crippen molar-refractivity contribution in [3.05, 3.63) is 29.6 Å². The van der Waals surface area contributed by atoms with Crippen molar-refractivity contribution in [3.63, 3.8) is 0 Å². The first kappa shape index (κ1) is 8.42. The molecule has 0 amide bonds. The van der Waals surface area contributed by atoms with E-state index in [0.717, 1.165) is 0 Å². The first-order valence-corrected chi connectivity index (χ1v) is 5.55. The zero-order chi connectivity index (χ0) is 9.54. The number of hydrogen-bond donors (Lipinski definition) is 1. The molecule has 0 radical (unpaired) electrons. The molecule has 2 aliphatic carbocycles. The minimum atomic E-state index is 0.438. The number of aromatic nitrogens is 1. The molecule has 2 N–H and O–H groups in total. The summed E-state index contributed by atoms with van der Waals surface area (Å²) >= 11 is 0. The normalized spacial score (nSPS) is 35.1. The van der Waals surface area contributed by atoms with Gasteiger partial charge in [-0.3, -0.25) is 4.98 Å². The molecule has 1 fully saturated rings. The third kappa shape index (κ3) is 1.10. The molecule has 0 bridgehead atoms. The molecule has 1 saturated carbocycles. The Labute approximate surface area is 84.5 Å². The van der Waals surface area contributed by atoms with E-state index in [4.69, 9.17) is 5.73 Å². The van der Waals surface area contributed by atoms with Gasteiger partial charge in [0, 0.05) is 23.9 Å². The monoisotopic (exact) mass is 188 g/mol. The summed E-state index contributed by atoms with van der Waals surface area (Å²) in [6, 6.07) is 4.70. The number of pyridine rings is 1. The largest absolute Gasteiger partial charge is 0.327 e. The van der Waals surface area contributed by atoms with Gasteiger partial charge in [0.1, 0.15) is 0 Å². The summed E-state index contributed by atoms with van der Waals surface area (Å²) in [5.74, 6) is 1.38. The van der Waals surface area contributed by atoms with E-state index in [1.54, 1.807) is 0 Å². The number of aryl methyl sites for hydroxylation is 1. The van der Waals surface area contributed by atoms with Crippen LogP contribution in [0.25, 0.3) is 0 Å². The molecular formula is C12H16N2. The highest BCUT2D eigenvalue weighted by Gasteiger charge is 2.38. The molecule has 2 aliphatic rings. The van der Waals surface area contributed by atoms with E-state index in [1.807, 2.05) is 12.3 Å². The molecule has 2 heteroatoms. The first-order chi connectivity index (χ1) is 6.86. The van der Waals surface area contributed by atoms with Crippen LogP contribution >= 0.6 is 0 Å². The fraction of sp³-hybridized carbons (Fsp3) is 0.583. The van der Waals surface area contributed by atoms with E-state index in [1.165, 1.54) is 36.9 Å². The van der Waals surface area contributed by atoms with Crippen molar-refractivity contribution in [3.8, 4) is 0 Å². The fourth-order valence-electron chi connectivity index (χ4n) is 2.91. The Morgan fingerprint density at radius 1 is 1.29 bits per heavy atom. The van der Waals surface area contributed by atoms with Gasteiger partial charge in [0.05, 0.1) is 0 Å². The van der Waals surface area contributed by atoms with Gasteiger partial charge < -0.3 is 5.73 Å². The van der Waals surface area contributed by atoms with Crippen molar-refractivity contribution in [1.82, 2.24) is 4.98 Å². The van der Waals surface area contributed by atoms with Gasteiger partial charge in [0.15, 0.2) is 0 Å². The van der Waals surface area contributed by atoms with Crippen LogP contribution in [0.15, 0.2) is 18.3 Å². The molecule has 2 nitrogen and oxygen atoms in total. The van der Waals surface area contributed by atoms with Gasteiger partial charge in [-0.05, 0) is 43.2 Å². The van der Waals surface area contributed by atoms with E-state index in [0.29, 0.717) is 17.9 Å². The molecule has 14 heavy (non-hydrogen) atoms. The number of rotatable bonds is 1. The van der Waals surface area contributed by atoms with Crippen molar-refractivity contribution in [2.75, 3.05) is 0 Å². The molecule has 0 saturated heterocycles. The number of nitrogens with zero attached hydrogens (tertiary/aromatic N) is 1. The first-order valence-electron chi connectivity index (χ1n) is 5.55. The van der Waals surface area contributed by atoms with Crippen molar-refractivity contribution in [2.45, 2.75) is 37.6 Å². The zero-order valence-electron chi connectivity index (χ0n) is 8.32. The Balaban J connectivity index is 1.90. The highest BCUT2D eigenvalue weighted by molar-refractivity contribution is 5.30. The van der Waals surface area contributed by atoms with Crippen LogP contribution in [-0.2, 0) is 6.42 Å². The van der Waals surface area contributed by atoms with Crippen LogP contribution in [0, 0.1) is 5.92 Å². The molecule has 3 unspecified atom stereocenters. The Kier molecular flexibility index (Phi) is 1.84. The molecule has 3 rings (SSSR count). The summed E-state index contributed by atoms with van der Waals surface area (Å²) in [5.41, 5.74) is 8.83. The van der Waals surface area contributed by atoms with E-state index < -0.39 is 0 Å². The molecule has 0 aliphatic heterocycles. The molecule has 0 aromatic carbocycles. The Morgan fingerprint density at radius 3 is 2.93 bits per heavy atom. The van der Waals surface area contributed by atoms with Crippen LogP contribution in [0.4, 0.5) is 0 Å². The van der Waals surface area contributed by atoms with Gasteiger partial charge in [-0.1, -0.05) is 6.07 Å². The van der Waals surface area contributed by atoms with Crippen LogP contribution in [0.5, 0.6) is 0 Å². The average molecular weight is 188 g/mol. The second-order valence-electron chi connectivity index (χ2n) is 4.60. The van der Waals surface area contributed by atoms with E-state index in [9.17, 15) is 0 Å². The number of nitrogens with two attached hydrogens (primary N) is 1. The topological polar surface area (TPSA) is 38.9 Å². The summed E-state index contributed by atoms with van der Waals surface area (Å²) in [6.45, 7) is 0. The molecule has 74 valence electrons. The highest BCUT2D eigenvalue weighted by atomic mass is 14.8. The van der Waals surface area contributed by atoms with Gasteiger partial charge in [0.2, 0.25) is 0 Å². The van der Waals surface area contributed by atoms with E-state index >= 15 is 0 Å². The smallest absolute Gasteiger partial charge is 0.0469 e. The Hall–Kier alpha value is -0.890. The second-order valence-corrected chi connectivity index (χ2v) is 4.60. The van der Waals surface area contributed by atoms with Crippen molar-refractivity contribution >= 4 is 0 Å². The van der Waals surface area contributed by atoms with Crippen molar-refractivity contribution in [1.29, 1.82) is 0 Å². The summed E-state index contributed by atoms with van der Waals surface area (Å²) in [4.78, 5) is 4.52. The second kappa shape index (κ2) is 3.06. The molecule has 1 heterocycles. The minimum Gasteiger partial charge on any atom is -0.327 e. The third-order valence-electron chi connectivity index (χ3n) is 3.90. The number of hydrogen-bond acceptors (Lipinski definition) is 2. The zero-order valence-corrected chi connectivity index (χ0v) is 8.32. The third-order valence-corrected chi connectivity index (χ3v) is 3.90. The van der Waals surface area contributed by atoms with Crippen LogP contribution in [0.3, 0.4) is 0 Å². The van der Waals surface area contributed by atoms with Gasteiger partial charge in [0.25, 0.3) is 0 Å².